The molecule has 0 saturated carbocycles. The summed E-state index contributed by atoms with van der Waals surface area (Å²) in [5.74, 6) is 1.07. The van der Waals surface area contributed by atoms with Crippen LogP contribution in [-0.4, -0.2) is 33.9 Å². The fourth-order valence-electron chi connectivity index (χ4n) is 5.76. The van der Waals surface area contributed by atoms with E-state index < -0.39 is 8.32 Å². The molecule has 2 aromatic rings. The summed E-state index contributed by atoms with van der Waals surface area (Å²) in [6, 6.07) is 15.9. The van der Waals surface area contributed by atoms with Gasteiger partial charge in [-0.2, -0.15) is 0 Å². The third-order valence-electron chi connectivity index (χ3n) is 7.26. The Balaban J connectivity index is 2.03. The minimum Gasteiger partial charge on any atom is -0.543 e. The van der Waals surface area contributed by atoms with E-state index in [1.54, 1.807) is 0 Å². The maximum Gasteiger partial charge on any atom is 0.258 e. The highest BCUT2D eigenvalue weighted by Crippen LogP contribution is 2.44. The van der Waals surface area contributed by atoms with Gasteiger partial charge in [-0.05, 0) is 89.9 Å². The minimum atomic E-state index is -1.96. The largest absolute Gasteiger partial charge is 0.543 e. The second-order valence-corrected chi connectivity index (χ2v) is 16.0. The molecule has 2 aromatic carbocycles. The summed E-state index contributed by atoms with van der Waals surface area (Å²) in [6.07, 6.45) is 5.64. The first-order valence-corrected chi connectivity index (χ1v) is 14.6. The number of hydrogen-bond acceptors (Lipinski definition) is 2. The molecular weight excluding hydrogens is 406 g/mol. The van der Waals surface area contributed by atoms with Crippen LogP contribution in [0.1, 0.15) is 70.2 Å². The monoisotopic (exact) mass is 449 g/mol. The predicted molar refractivity (Wildman–Crippen MR) is 142 cm³/mol. The molecular formula is C29H43NOSi. The molecule has 0 atom stereocenters. The number of aryl methyl sites for hydroxylation is 2. The first-order chi connectivity index (χ1) is 15.2. The molecule has 0 radical (unpaired) electrons. The lowest BCUT2D eigenvalue weighted by Crippen LogP contribution is -2.50. The van der Waals surface area contributed by atoms with E-state index >= 15 is 0 Å². The van der Waals surface area contributed by atoms with Crippen LogP contribution in [0.15, 0.2) is 48.5 Å². The van der Waals surface area contributed by atoms with Crippen molar-refractivity contribution < 1.29 is 4.43 Å². The molecule has 0 aliphatic heterocycles. The zero-order valence-electron chi connectivity index (χ0n) is 21.5. The van der Waals surface area contributed by atoms with Gasteiger partial charge in [-0.3, -0.25) is 0 Å². The normalized spacial score (nSPS) is 15.4. The number of hydrogen-bond donors (Lipinski definition) is 0. The van der Waals surface area contributed by atoms with Gasteiger partial charge in [-0.25, -0.2) is 0 Å². The molecule has 1 aliphatic carbocycles. The molecule has 32 heavy (non-hydrogen) atoms. The van der Waals surface area contributed by atoms with Gasteiger partial charge < -0.3 is 9.33 Å². The molecule has 2 nitrogen and oxygen atoms in total. The van der Waals surface area contributed by atoms with Gasteiger partial charge in [0.25, 0.3) is 8.32 Å². The van der Waals surface area contributed by atoms with Crippen LogP contribution in [0, 0.1) is 0 Å². The molecule has 0 saturated heterocycles. The number of benzene rings is 2. The Kier molecular flexibility index (Phi) is 8.05. The minimum absolute atomic E-state index is 0.576. The Morgan fingerprint density at radius 2 is 1.44 bits per heavy atom. The Labute approximate surface area is 197 Å². The number of rotatable bonds is 8. The summed E-state index contributed by atoms with van der Waals surface area (Å²) in [4.78, 5) is 2.26. The topological polar surface area (TPSA) is 12.5 Å². The summed E-state index contributed by atoms with van der Waals surface area (Å²) in [5, 5.41) is 0. The van der Waals surface area contributed by atoms with Gasteiger partial charge in [-0.15, -0.1) is 0 Å². The highest BCUT2D eigenvalue weighted by atomic mass is 28.4. The summed E-state index contributed by atoms with van der Waals surface area (Å²) < 4.78 is 7.03. The highest BCUT2D eigenvalue weighted by Gasteiger charge is 2.47. The van der Waals surface area contributed by atoms with Crippen molar-refractivity contribution in [1.29, 1.82) is 0 Å². The molecule has 3 heteroatoms. The Morgan fingerprint density at radius 1 is 0.844 bits per heavy atom. The van der Waals surface area contributed by atoms with Crippen molar-refractivity contribution in [3.8, 4) is 5.75 Å². The van der Waals surface area contributed by atoms with Gasteiger partial charge in [-0.1, -0.05) is 78.0 Å². The SMILES string of the molecule is CC(C)[Si](Oc1ccc2c(c1)CCc1ccccc1C2=CCCN(C)C)(C(C)C)C(C)C. The molecule has 0 fully saturated rings. The average Bonchev–Trinajstić information content (AvgIpc) is 2.88. The van der Waals surface area contributed by atoms with E-state index in [1.807, 2.05) is 0 Å². The fourth-order valence-corrected chi connectivity index (χ4v) is 11.0. The van der Waals surface area contributed by atoms with E-state index in [2.05, 4.69) is 109 Å². The van der Waals surface area contributed by atoms with Gasteiger partial charge in [0.1, 0.15) is 5.75 Å². The standard InChI is InChI=1S/C29H43NOSi/c1-21(2)32(22(3)4,23(5)6)31-26-17-18-28-25(20-26)16-15-24-12-9-10-13-27(24)29(28)14-11-19-30(7)8/h9-10,12-14,17-18,20-23H,11,15-16,19H2,1-8H3. The van der Waals surface area contributed by atoms with Crippen molar-refractivity contribution in [2.45, 2.75) is 77.4 Å². The average molecular weight is 450 g/mol. The van der Waals surface area contributed by atoms with Crippen LogP contribution in [0.4, 0.5) is 0 Å². The van der Waals surface area contributed by atoms with E-state index in [1.165, 1.54) is 27.8 Å². The lowest BCUT2D eigenvalue weighted by Gasteiger charge is -2.42. The Hall–Kier alpha value is -1.84. The quantitative estimate of drug-likeness (QED) is 0.382. The van der Waals surface area contributed by atoms with Crippen LogP contribution < -0.4 is 4.43 Å². The van der Waals surface area contributed by atoms with E-state index in [0.29, 0.717) is 16.6 Å². The summed E-state index contributed by atoms with van der Waals surface area (Å²) in [6.45, 7) is 15.2. The number of fused-ring (bicyclic) bond motifs is 2. The second-order valence-electron chi connectivity index (χ2n) is 10.6. The zero-order chi connectivity index (χ0) is 23.5. The van der Waals surface area contributed by atoms with Crippen molar-refractivity contribution in [2.24, 2.45) is 0 Å². The second kappa shape index (κ2) is 10.4. The summed E-state index contributed by atoms with van der Waals surface area (Å²) in [7, 11) is 2.33. The fraction of sp³-hybridized carbons (Fsp3) is 0.517. The van der Waals surface area contributed by atoms with Gasteiger partial charge in [0.2, 0.25) is 0 Å². The van der Waals surface area contributed by atoms with Gasteiger partial charge in [0.05, 0.1) is 0 Å². The van der Waals surface area contributed by atoms with Crippen LogP contribution >= 0.6 is 0 Å². The molecule has 0 heterocycles. The zero-order valence-corrected chi connectivity index (χ0v) is 22.5. The van der Waals surface area contributed by atoms with Crippen LogP contribution in [-0.2, 0) is 12.8 Å². The smallest absolute Gasteiger partial charge is 0.258 e. The van der Waals surface area contributed by atoms with Crippen LogP contribution in [0.25, 0.3) is 5.57 Å². The van der Waals surface area contributed by atoms with E-state index in [-0.39, 0.29) is 0 Å². The van der Waals surface area contributed by atoms with Crippen molar-refractivity contribution in [3.63, 3.8) is 0 Å². The van der Waals surface area contributed by atoms with Crippen molar-refractivity contribution in [2.75, 3.05) is 20.6 Å². The number of nitrogens with zero attached hydrogens (tertiary/aromatic N) is 1. The lowest BCUT2D eigenvalue weighted by molar-refractivity contribution is 0.417. The predicted octanol–water partition coefficient (Wildman–Crippen LogP) is 7.72. The van der Waals surface area contributed by atoms with Gasteiger partial charge in [0, 0.05) is 6.54 Å². The van der Waals surface area contributed by atoms with E-state index in [0.717, 1.165) is 31.6 Å². The molecule has 0 aromatic heterocycles. The van der Waals surface area contributed by atoms with Crippen LogP contribution in [0.5, 0.6) is 5.75 Å². The lowest BCUT2D eigenvalue weighted by atomic mass is 9.93. The first kappa shape index (κ1) is 24.8. The molecule has 3 rings (SSSR count). The maximum absolute atomic E-state index is 7.03. The Morgan fingerprint density at radius 3 is 2.06 bits per heavy atom. The van der Waals surface area contributed by atoms with Crippen molar-refractivity contribution >= 4 is 13.9 Å². The summed E-state index contributed by atoms with van der Waals surface area (Å²) >= 11 is 0. The van der Waals surface area contributed by atoms with Crippen molar-refractivity contribution in [1.82, 2.24) is 4.90 Å². The third-order valence-corrected chi connectivity index (χ3v) is 13.3. The van der Waals surface area contributed by atoms with Crippen LogP contribution in [0.3, 0.4) is 0 Å². The van der Waals surface area contributed by atoms with Crippen LogP contribution in [0.2, 0.25) is 16.6 Å². The maximum atomic E-state index is 7.03. The molecule has 174 valence electrons. The third kappa shape index (κ3) is 5.04. The molecule has 0 unspecified atom stereocenters. The molecule has 0 amide bonds. The summed E-state index contributed by atoms with van der Waals surface area (Å²) in [5.41, 5.74) is 8.78. The molecule has 0 spiro atoms. The molecule has 1 aliphatic rings. The Bertz CT molecular complexity index is 920. The first-order valence-electron chi connectivity index (χ1n) is 12.4. The molecule has 0 N–H and O–H groups in total. The van der Waals surface area contributed by atoms with E-state index in [4.69, 9.17) is 4.43 Å². The van der Waals surface area contributed by atoms with Gasteiger partial charge in [0.15, 0.2) is 0 Å². The van der Waals surface area contributed by atoms with Crippen molar-refractivity contribution in [3.05, 3.63) is 70.8 Å². The molecule has 0 bridgehead atoms. The highest BCUT2D eigenvalue weighted by molar-refractivity contribution is 6.78. The van der Waals surface area contributed by atoms with E-state index in [9.17, 15) is 0 Å². The van der Waals surface area contributed by atoms with Gasteiger partial charge >= 0.3 is 0 Å².